The SMILES string of the molecule is O.O.O.O.O.O.O.O.O.O.O.O.[Cl-].[Cl-].[Cl-].[Cl-].[Er+3].[Er+3]. The van der Waals surface area contributed by atoms with Crippen molar-refractivity contribution >= 4 is 0 Å². The summed E-state index contributed by atoms with van der Waals surface area (Å²) in [5, 5.41) is 0. The Morgan fingerprint density at radius 2 is 0.167 bits per heavy atom. The summed E-state index contributed by atoms with van der Waals surface area (Å²) >= 11 is 0. The van der Waals surface area contributed by atoms with E-state index in [0.29, 0.717) is 0 Å². The predicted molar refractivity (Wildman–Crippen MR) is 43.4 cm³/mol. The average molecular weight is 693 g/mol. The monoisotopic (exact) mass is 688 g/mol. The standard InChI is InChI=1S/4ClH.2Er.12H2O/h4*1H;;;12*1H2/q;;;;2*+3;;;;;;;;;;;;/p-4. The van der Waals surface area contributed by atoms with Crippen molar-refractivity contribution in [1.82, 2.24) is 0 Å². The zero-order chi connectivity index (χ0) is 0. The van der Waals surface area contributed by atoms with E-state index in [4.69, 9.17) is 0 Å². The summed E-state index contributed by atoms with van der Waals surface area (Å²) in [6, 6.07) is 0. The Morgan fingerprint density at radius 1 is 0.167 bits per heavy atom. The summed E-state index contributed by atoms with van der Waals surface area (Å²) in [4.78, 5) is 0. The zero-order valence-corrected chi connectivity index (χ0v) is 14.8. The van der Waals surface area contributed by atoms with Crippen LogP contribution in [0.5, 0.6) is 0 Å². The smallest absolute Gasteiger partial charge is 1.00 e. The summed E-state index contributed by atoms with van der Waals surface area (Å²) in [6.07, 6.45) is 0. The molecule has 0 spiro atoms. The van der Waals surface area contributed by atoms with Gasteiger partial charge in [-0.05, 0) is 0 Å². The van der Waals surface area contributed by atoms with Crippen LogP contribution in [0.4, 0.5) is 0 Å². The van der Waals surface area contributed by atoms with E-state index in [-0.39, 0.29) is 190 Å². The summed E-state index contributed by atoms with van der Waals surface area (Å²) < 4.78 is 0. The molecule has 0 bridgehead atoms. The summed E-state index contributed by atoms with van der Waals surface area (Å²) in [7, 11) is 0. The predicted octanol–water partition coefficient (Wildman–Crippen LogP) is -21.9. The first kappa shape index (κ1) is 856. The molecule has 0 saturated carbocycles. The Morgan fingerprint density at radius 3 is 0.167 bits per heavy atom. The molecule has 0 heterocycles. The van der Waals surface area contributed by atoms with Crippen LogP contribution in [0.1, 0.15) is 0 Å². The molecule has 0 aliphatic heterocycles. The summed E-state index contributed by atoms with van der Waals surface area (Å²) in [5.74, 6) is 0. The number of rotatable bonds is 0. The van der Waals surface area contributed by atoms with E-state index in [1.807, 2.05) is 0 Å². The minimum Gasteiger partial charge on any atom is -1.00 e. The van der Waals surface area contributed by atoms with Crippen molar-refractivity contribution in [2.45, 2.75) is 0 Å². The fourth-order valence-electron chi connectivity index (χ4n) is 0. The fourth-order valence-corrected chi connectivity index (χ4v) is 0. The van der Waals surface area contributed by atoms with Crippen LogP contribution in [-0.2, 0) is 0 Å². The normalized spacial score (nSPS) is 0. The third-order valence-corrected chi connectivity index (χ3v) is 0. The van der Waals surface area contributed by atoms with Gasteiger partial charge in [-0.15, -0.1) is 0 Å². The van der Waals surface area contributed by atoms with E-state index in [0.717, 1.165) is 0 Å². The van der Waals surface area contributed by atoms with E-state index < -0.39 is 0 Å². The first-order valence-electron chi connectivity index (χ1n) is 0. The molecule has 0 aromatic carbocycles. The third kappa shape index (κ3) is 629. The second-order valence-corrected chi connectivity index (χ2v) is 0. The van der Waals surface area contributed by atoms with Crippen molar-refractivity contribution in [3.8, 4) is 0 Å². The molecule has 0 amide bonds. The van der Waals surface area contributed by atoms with Crippen LogP contribution in [0.2, 0.25) is 0 Å². The largest absolute Gasteiger partial charge is 3.00 e. The van der Waals surface area contributed by atoms with Crippen LogP contribution >= 0.6 is 0 Å². The van der Waals surface area contributed by atoms with Gasteiger partial charge in [0, 0.05) is 0 Å². The Hall–Kier alpha value is 3.17. The first-order valence-corrected chi connectivity index (χ1v) is 0. The average Bonchev–Trinajstić information content (AvgIpc) is 0. The first-order chi connectivity index (χ1) is 0. The van der Waals surface area contributed by atoms with Crippen LogP contribution < -0.4 is 49.6 Å². The van der Waals surface area contributed by atoms with E-state index >= 15 is 0 Å². The van der Waals surface area contributed by atoms with E-state index in [1.165, 1.54) is 0 Å². The van der Waals surface area contributed by atoms with Crippen molar-refractivity contribution in [2.75, 3.05) is 0 Å². The minimum absolute atomic E-state index is 0. The maximum atomic E-state index is 0. The third-order valence-electron chi connectivity index (χ3n) is 0. The van der Waals surface area contributed by atoms with Gasteiger partial charge in [0.1, 0.15) is 0 Å². The van der Waals surface area contributed by atoms with Crippen molar-refractivity contribution < 1.29 is 190 Å². The molecule has 0 aliphatic carbocycles. The van der Waals surface area contributed by atoms with Crippen LogP contribution in [0.25, 0.3) is 0 Å². The molecule has 2 radical (unpaired) electrons. The van der Waals surface area contributed by atoms with Gasteiger partial charge in [-0.1, -0.05) is 0 Å². The van der Waals surface area contributed by atoms with Crippen LogP contribution in [0, 0.1) is 74.6 Å². The molecule has 24 N–H and O–H groups in total. The van der Waals surface area contributed by atoms with Crippen molar-refractivity contribution in [1.29, 1.82) is 0 Å². The van der Waals surface area contributed by atoms with Gasteiger partial charge >= 0.3 is 74.6 Å². The fraction of sp³-hybridized carbons (Fsp3) is 0. The molecule has 0 unspecified atom stereocenters. The quantitative estimate of drug-likeness (QED) is 0.228. The Bertz CT molecular complexity index is 22.0. The van der Waals surface area contributed by atoms with Crippen molar-refractivity contribution in [3.05, 3.63) is 0 Å². The maximum Gasteiger partial charge on any atom is 3.00 e. The molecule has 0 saturated heterocycles. The molecule has 18 heavy (non-hydrogen) atoms. The van der Waals surface area contributed by atoms with Crippen LogP contribution in [0.3, 0.4) is 0 Å². The van der Waals surface area contributed by atoms with Crippen molar-refractivity contribution in [3.63, 3.8) is 0 Å². The van der Waals surface area contributed by atoms with Gasteiger partial charge in [-0.3, -0.25) is 0 Å². The van der Waals surface area contributed by atoms with Crippen LogP contribution in [-0.4, -0.2) is 65.7 Å². The molecule has 0 rings (SSSR count). The second-order valence-electron chi connectivity index (χ2n) is 0. The van der Waals surface area contributed by atoms with Gasteiger partial charge in [0.2, 0.25) is 0 Å². The molecule has 0 aliphatic rings. The minimum atomic E-state index is 0. The molecule has 0 aromatic rings. The van der Waals surface area contributed by atoms with Gasteiger partial charge in [0.25, 0.3) is 0 Å². The van der Waals surface area contributed by atoms with Gasteiger partial charge in [-0.2, -0.15) is 0 Å². The molecule has 146 valence electrons. The molecular weight excluding hydrogens is 668 g/mol. The van der Waals surface area contributed by atoms with Gasteiger partial charge < -0.3 is 115 Å². The van der Waals surface area contributed by atoms with Gasteiger partial charge in [-0.25, -0.2) is 0 Å². The number of halogens is 4. The topological polar surface area (TPSA) is 378 Å². The van der Waals surface area contributed by atoms with Crippen molar-refractivity contribution in [2.24, 2.45) is 0 Å². The Labute approximate surface area is 187 Å². The summed E-state index contributed by atoms with van der Waals surface area (Å²) in [6.45, 7) is 0. The molecule has 0 atom stereocenters. The van der Waals surface area contributed by atoms with E-state index in [2.05, 4.69) is 0 Å². The van der Waals surface area contributed by atoms with Gasteiger partial charge in [0.15, 0.2) is 0 Å². The summed E-state index contributed by atoms with van der Waals surface area (Å²) in [5.41, 5.74) is 0. The van der Waals surface area contributed by atoms with E-state index in [1.54, 1.807) is 0 Å². The van der Waals surface area contributed by atoms with Gasteiger partial charge in [0.05, 0.1) is 0 Å². The van der Waals surface area contributed by atoms with E-state index in [9.17, 15) is 0 Å². The molecule has 18 heteroatoms. The molecule has 12 nitrogen and oxygen atoms in total. The maximum absolute atomic E-state index is 0. The second kappa shape index (κ2) is 736. The Balaban J connectivity index is 0. The molecule has 0 fully saturated rings. The molecular formula is H24Cl4Er2O12+2. The van der Waals surface area contributed by atoms with Crippen LogP contribution in [0.15, 0.2) is 0 Å². The Kier molecular flexibility index (Phi) is 35000. The number of hydrogen-bond acceptors (Lipinski definition) is 0. The zero-order valence-electron chi connectivity index (χ0n) is 8.09. The number of hydrogen-bond donors (Lipinski definition) is 0. The molecule has 0 aromatic heterocycles.